The predicted molar refractivity (Wildman–Crippen MR) is 51.6 cm³/mol. The number of alkyl halides is 3. The van der Waals surface area contributed by atoms with Crippen molar-refractivity contribution in [1.82, 2.24) is 15.0 Å². The van der Waals surface area contributed by atoms with Crippen molar-refractivity contribution >= 4 is 5.95 Å². The number of halogens is 3. The molecule has 1 unspecified atom stereocenters. The maximum atomic E-state index is 12.2. The lowest BCUT2D eigenvalue weighted by molar-refractivity contribution is -0.190. The Labute approximate surface area is 95.0 Å². The number of rotatable bonds is 4. The first-order chi connectivity index (χ1) is 7.82. The Morgan fingerprint density at radius 3 is 2.35 bits per heavy atom. The Hall–Kier alpha value is -1.80. The summed E-state index contributed by atoms with van der Waals surface area (Å²) in [4.78, 5) is 10.5. The molecule has 1 aromatic rings. The molecule has 0 aliphatic carbocycles. The molecule has 0 bridgehead atoms. The Bertz CT molecular complexity index is 386. The van der Waals surface area contributed by atoms with E-state index in [-0.39, 0.29) is 18.6 Å². The smallest absolute Gasteiger partial charge is 0.425 e. The molecule has 0 aromatic carbocycles. The molecule has 9 heteroatoms. The Balaban J connectivity index is 2.84. The van der Waals surface area contributed by atoms with Crippen LogP contribution in [0, 0.1) is 0 Å². The van der Waals surface area contributed by atoms with Gasteiger partial charge in [0.2, 0.25) is 5.95 Å². The van der Waals surface area contributed by atoms with Crippen molar-refractivity contribution in [2.45, 2.75) is 26.1 Å². The van der Waals surface area contributed by atoms with Gasteiger partial charge in [0.05, 0.1) is 6.61 Å². The van der Waals surface area contributed by atoms with Gasteiger partial charge in [-0.25, -0.2) is 0 Å². The van der Waals surface area contributed by atoms with Gasteiger partial charge < -0.3 is 15.2 Å². The maximum absolute atomic E-state index is 12.2. The third-order valence-corrected chi connectivity index (χ3v) is 1.63. The third kappa shape index (κ3) is 3.93. The minimum Gasteiger partial charge on any atom is -0.464 e. The van der Waals surface area contributed by atoms with Crippen molar-refractivity contribution in [2.24, 2.45) is 0 Å². The van der Waals surface area contributed by atoms with E-state index in [0.29, 0.717) is 0 Å². The Morgan fingerprint density at radius 1 is 1.24 bits per heavy atom. The van der Waals surface area contributed by atoms with Crippen LogP contribution < -0.4 is 15.2 Å². The highest BCUT2D eigenvalue weighted by atomic mass is 19.4. The summed E-state index contributed by atoms with van der Waals surface area (Å²) in [7, 11) is 0. The monoisotopic (exact) mass is 252 g/mol. The van der Waals surface area contributed by atoms with Gasteiger partial charge in [0.1, 0.15) is 0 Å². The first kappa shape index (κ1) is 13.3. The van der Waals surface area contributed by atoms with Crippen LogP contribution in [0.25, 0.3) is 0 Å². The zero-order valence-electron chi connectivity index (χ0n) is 9.15. The first-order valence-corrected chi connectivity index (χ1v) is 4.70. The van der Waals surface area contributed by atoms with Crippen LogP contribution in [0.5, 0.6) is 12.0 Å². The van der Waals surface area contributed by atoms with E-state index in [9.17, 15) is 13.2 Å². The van der Waals surface area contributed by atoms with Crippen molar-refractivity contribution in [2.75, 3.05) is 12.3 Å². The SMILES string of the molecule is CCOc1nc(N)nc(OC(C)C(F)(F)F)n1. The molecule has 1 atom stereocenters. The molecule has 1 heterocycles. The molecule has 1 rings (SSSR count). The van der Waals surface area contributed by atoms with Crippen molar-refractivity contribution in [3.8, 4) is 12.0 Å². The highest BCUT2D eigenvalue weighted by molar-refractivity contribution is 5.20. The van der Waals surface area contributed by atoms with Crippen LogP contribution >= 0.6 is 0 Å². The van der Waals surface area contributed by atoms with Crippen LogP contribution in [0.15, 0.2) is 0 Å². The number of hydrogen-bond acceptors (Lipinski definition) is 6. The number of hydrogen-bond donors (Lipinski definition) is 1. The van der Waals surface area contributed by atoms with Gasteiger partial charge in [-0.05, 0) is 13.8 Å². The van der Waals surface area contributed by atoms with Gasteiger partial charge in [-0.15, -0.1) is 4.98 Å². The van der Waals surface area contributed by atoms with Crippen molar-refractivity contribution in [3.05, 3.63) is 0 Å². The summed E-state index contributed by atoms with van der Waals surface area (Å²) in [5.41, 5.74) is 5.27. The van der Waals surface area contributed by atoms with Crippen molar-refractivity contribution < 1.29 is 22.6 Å². The second kappa shape index (κ2) is 5.02. The molecule has 0 radical (unpaired) electrons. The summed E-state index contributed by atoms with van der Waals surface area (Å²) in [6, 6.07) is -0.699. The fourth-order valence-corrected chi connectivity index (χ4v) is 0.824. The normalized spacial score (nSPS) is 13.2. The summed E-state index contributed by atoms with van der Waals surface area (Å²) in [6.45, 7) is 2.75. The van der Waals surface area contributed by atoms with E-state index in [1.807, 2.05) is 0 Å². The van der Waals surface area contributed by atoms with Crippen LogP contribution in [0.2, 0.25) is 0 Å². The third-order valence-electron chi connectivity index (χ3n) is 1.63. The predicted octanol–water partition coefficient (Wildman–Crippen LogP) is 1.18. The molecule has 0 saturated carbocycles. The minimum absolute atomic E-state index is 0.177. The fraction of sp³-hybridized carbons (Fsp3) is 0.625. The molecule has 0 fully saturated rings. The van der Waals surface area contributed by atoms with E-state index in [1.165, 1.54) is 0 Å². The van der Waals surface area contributed by atoms with Gasteiger partial charge in [-0.1, -0.05) is 0 Å². The number of nitrogens with two attached hydrogens (primary N) is 1. The van der Waals surface area contributed by atoms with Gasteiger partial charge in [0.25, 0.3) is 0 Å². The lowest BCUT2D eigenvalue weighted by Crippen LogP contribution is -2.31. The largest absolute Gasteiger partial charge is 0.464 e. The number of anilines is 1. The molecule has 0 spiro atoms. The molecule has 0 aliphatic heterocycles. The first-order valence-electron chi connectivity index (χ1n) is 4.70. The van der Waals surface area contributed by atoms with Crippen LogP contribution in [-0.4, -0.2) is 33.8 Å². The zero-order chi connectivity index (χ0) is 13.1. The summed E-state index contributed by atoms with van der Waals surface area (Å²) < 4.78 is 46.1. The van der Waals surface area contributed by atoms with Crippen LogP contribution in [0.1, 0.15) is 13.8 Å². The lowest BCUT2D eigenvalue weighted by Gasteiger charge is -2.16. The van der Waals surface area contributed by atoms with Gasteiger partial charge in [0.15, 0.2) is 6.10 Å². The van der Waals surface area contributed by atoms with Crippen LogP contribution in [-0.2, 0) is 0 Å². The molecule has 17 heavy (non-hydrogen) atoms. The maximum Gasteiger partial charge on any atom is 0.425 e. The van der Waals surface area contributed by atoms with Gasteiger partial charge in [-0.3, -0.25) is 0 Å². The van der Waals surface area contributed by atoms with Gasteiger partial charge >= 0.3 is 18.2 Å². The highest BCUT2D eigenvalue weighted by Gasteiger charge is 2.38. The van der Waals surface area contributed by atoms with E-state index >= 15 is 0 Å². The van der Waals surface area contributed by atoms with Gasteiger partial charge in [0, 0.05) is 0 Å². The summed E-state index contributed by atoms with van der Waals surface area (Å²) in [6.07, 6.45) is -6.55. The average molecular weight is 252 g/mol. The Kier molecular flexibility index (Phi) is 3.92. The highest BCUT2D eigenvalue weighted by Crippen LogP contribution is 2.23. The fourth-order valence-electron chi connectivity index (χ4n) is 0.824. The quantitative estimate of drug-likeness (QED) is 0.866. The summed E-state index contributed by atoms with van der Waals surface area (Å²) in [5.74, 6) is -0.271. The Morgan fingerprint density at radius 2 is 1.82 bits per heavy atom. The lowest BCUT2D eigenvalue weighted by atomic mass is 10.4. The number of nitrogens with zero attached hydrogens (tertiary/aromatic N) is 3. The topological polar surface area (TPSA) is 83.2 Å². The molecule has 6 nitrogen and oxygen atoms in total. The molecule has 0 aliphatic rings. The summed E-state index contributed by atoms with van der Waals surface area (Å²) in [5, 5.41) is 0. The van der Waals surface area contributed by atoms with E-state index in [4.69, 9.17) is 10.5 Å². The molecule has 0 saturated heterocycles. The standard InChI is InChI=1S/C8H11F3N4O2/c1-3-16-6-13-5(12)14-7(15-6)17-4(2)8(9,10)11/h4H,3H2,1-2H3,(H2,12,13,14,15). The molecule has 1 aromatic heterocycles. The molecule has 96 valence electrons. The number of ether oxygens (including phenoxy) is 2. The molecular formula is C8H11F3N4O2. The molecular weight excluding hydrogens is 241 g/mol. The van der Waals surface area contributed by atoms with Crippen LogP contribution in [0.3, 0.4) is 0 Å². The summed E-state index contributed by atoms with van der Waals surface area (Å²) >= 11 is 0. The van der Waals surface area contributed by atoms with Gasteiger partial charge in [-0.2, -0.15) is 23.1 Å². The van der Waals surface area contributed by atoms with Crippen molar-refractivity contribution in [1.29, 1.82) is 0 Å². The number of nitrogen functional groups attached to an aromatic ring is 1. The zero-order valence-corrected chi connectivity index (χ0v) is 9.15. The van der Waals surface area contributed by atoms with E-state index in [2.05, 4.69) is 19.7 Å². The van der Waals surface area contributed by atoms with Crippen molar-refractivity contribution in [3.63, 3.8) is 0 Å². The van der Waals surface area contributed by atoms with Crippen LogP contribution in [0.4, 0.5) is 19.1 Å². The second-order valence-corrected chi connectivity index (χ2v) is 2.99. The van der Waals surface area contributed by atoms with E-state index in [0.717, 1.165) is 6.92 Å². The molecule has 0 amide bonds. The second-order valence-electron chi connectivity index (χ2n) is 2.99. The average Bonchev–Trinajstić information content (AvgIpc) is 2.15. The van der Waals surface area contributed by atoms with E-state index in [1.54, 1.807) is 6.92 Å². The number of aromatic nitrogens is 3. The molecule has 2 N–H and O–H groups in total. The van der Waals surface area contributed by atoms with E-state index < -0.39 is 18.3 Å². The minimum atomic E-state index is -4.51.